The van der Waals surface area contributed by atoms with Crippen molar-refractivity contribution in [2.75, 3.05) is 18.0 Å². The van der Waals surface area contributed by atoms with Gasteiger partial charge in [0.2, 0.25) is 5.91 Å². The molecule has 140 valence electrons. The van der Waals surface area contributed by atoms with E-state index in [1.807, 2.05) is 18.2 Å². The fraction of sp³-hybridized carbons (Fsp3) is 0.421. The SMILES string of the molecule is O=C1C[C@@H](Cn2c(=O)oc3ccccc32)c2sc(N3CCCC3)nc2CN1. The van der Waals surface area contributed by atoms with Crippen molar-refractivity contribution in [2.45, 2.75) is 38.3 Å². The minimum absolute atomic E-state index is 0.00577. The second-order valence-electron chi connectivity index (χ2n) is 7.13. The number of para-hydroxylation sites is 2. The molecule has 0 unspecified atom stereocenters. The number of rotatable bonds is 3. The zero-order valence-corrected chi connectivity index (χ0v) is 15.6. The molecular formula is C19H20N4O3S. The smallest absolute Gasteiger partial charge is 0.408 e. The molecule has 27 heavy (non-hydrogen) atoms. The normalized spacial score (nSPS) is 19.9. The first kappa shape index (κ1) is 16.6. The summed E-state index contributed by atoms with van der Waals surface area (Å²) in [6.07, 6.45) is 2.74. The molecule has 0 aliphatic carbocycles. The van der Waals surface area contributed by atoms with Gasteiger partial charge in [0.1, 0.15) is 0 Å². The van der Waals surface area contributed by atoms with Crippen LogP contribution in [0.3, 0.4) is 0 Å². The summed E-state index contributed by atoms with van der Waals surface area (Å²) in [4.78, 5) is 32.8. The van der Waals surface area contributed by atoms with Gasteiger partial charge in [-0.05, 0) is 25.0 Å². The zero-order valence-electron chi connectivity index (χ0n) is 14.8. The first-order valence-electron chi connectivity index (χ1n) is 9.28. The van der Waals surface area contributed by atoms with Crippen molar-refractivity contribution in [1.29, 1.82) is 0 Å². The molecule has 8 heteroatoms. The Kier molecular flexibility index (Phi) is 4.00. The third kappa shape index (κ3) is 2.93. The van der Waals surface area contributed by atoms with E-state index in [4.69, 9.17) is 9.40 Å². The lowest BCUT2D eigenvalue weighted by atomic mass is 10.0. The Labute approximate surface area is 159 Å². The number of hydrogen-bond acceptors (Lipinski definition) is 6. The van der Waals surface area contributed by atoms with Crippen LogP contribution < -0.4 is 16.0 Å². The molecule has 1 saturated heterocycles. The summed E-state index contributed by atoms with van der Waals surface area (Å²) in [5.74, 6) is -0.476. The molecule has 1 atom stereocenters. The van der Waals surface area contributed by atoms with Crippen molar-refractivity contribution >= 4 is 33.5 Å². The van der Waals surface area contributed by atoms with E-state index >= 15 is 0 Å². The third-order valence-corrected chi connectivity index (χ3v) is 6.65. The molecule has 1 amide bonds. The summed E-state index contributed by atoms with van der Waals surface area (Å²) in [6, 6.07) is 7.40. The number of nitrogens with one attached hydrogen (secondary N) is 1. The average Bonchev–Trinajstić information content (AvgIpc) is 3.37. The van der Waals surface area contributed by atoms with Gasteiger partial charge in [-0.3, -0.25) is 9.36 Å². The van der Waals surface area contributed by atoms with Gasteiger partial charge >= 0.3 is 5.76 Å². The number of benzene rings is 1. The second-order valence-corrected chi connectivity index (χ2v) is 8.13. The molecule has 3 aromatic rings. The van der Waals surface area contributed by atoms with Gasteiger partial charge < -0.3 is 14.6 Å². The van der Waals surface area contributed by atoms with E-state index in [0.29, 0.717) is 25.1 Å². The summed E-state index contributed by atoms with van der Waals surface area (Å²) in [7, 11) is 0. The molecule has 0 spiro atoms. The maximum Gasteiger partial charge on any atom is 0.419 e. The second kappa shape index (κ2) is 6.53. The van der Waals surface area contributed by atoms with E-state index in [2.05, 4.69) is 10.2 Å². The van der Waals surface area contributed by atoms with Crippen molar-refractivity contribution in [1.82, 2.24) is 14.9 Å². The molecule has 4 heterocycles. The Morgan fingerprint density at radius 2 is 2.04 bits per heavy atom. The molecule has 2 aromatic heterocycles. The van der Waals surface area contributed by atoms with Crippen LogP contribution in [0, 0.1) is 0 Å². The van der Waals surface area contributed by atoms with Crippen molar-refractivity contribution in [3.63, 3.8) is 0 Å². The van der Waals surface area contributed by atoms with Crippen LogP contribution in [-0.2, 0) is 17.9 Å². The first-order chi connectivity index (χ1) is 13.2. The van der Waals surface area contributed by atoms with E-state index in [1.165, 1.54) is 12.8 Å². The number of amides is 1. The molecule has 2 aliphatic heterocycles. The lowest BCUT2D eigenvalue weighted by molar-refractivity contribution is -0.121. The number of thiazole rings is 1. The molecule has 2 aliphatic rings. The van der Waals surface area contributed by atoms with Crippen LogP contribution in [-0.4, -0.2) is 28.5 Å². The number of fused-ring (bicyclic) bond motifs is 2. The number of carbonyl (C=O) groups excluding carboxylic acids is 1. The largest absolute Gasteiger partial charge is 0.419 e. The number of carbonyl (C=O) groups is 1. The van der Waals surface area contributed by atoms with Crippen LogP contribution in [0.2, 0.25) is 0 Å². The van der Waals surface area contributed by atoms with Crippen LogP contribution in [0.15, 0.2) is 33.5 Å². The molecule has 1 fully saturated rings. The highest BCUT2D eigenvalue weighted by Gasteiger charge is 2.29. The van der Waals surface area contributed by atoms with Crippen LogP contribution in [0.5, 0.6) is 0 Å². The third-order valence-electron chi connectivity index (χ3n) is 5.33. The molecular weight excluding hydrogens is 364 g/mol. The summed E-state index contributed by atoms with van der Waals surface area (Å²) in [6.45, 7) is 2.94. The van der Waals surface area contributed by atoms with E-state index in [-0.39, 0.29) is 17.6 Å². The quantitative estimate of drug-likeness (QED) is 0.750. The minimum Gasteiger partial charge on any atom is -0.408 e. The maximum atomic E-state index is 12.4. The van der Waals surface area contributed by atoms with Gasteiger partial charge in [-0.25, -0.2) is 9.78 Å². The summed E-state index contributed by atoms with van der Waals surface area (Å²) in [5, 5.41) is 3.97. The Bertz CT molecular complexity index is 1060. The Hall–Kier alpha value is -2.61. The predicted molar refractivity (Wildman–Crippen MR) is 103 cm³/mol. The highest BCUT2D eigenvalue weighted by atomic mass is 32.1. The highest BCUT2D eigenvalue weighted by Crippen LogP contribution is 2.37. The van der Waals surface area contributed by atoms with Crippen molar-refractivity contribution in [2.24, 2.45) is 0 Å². The van der Waals surface area contributed by atoms with E-state index in [9.17, 15) is 9.59 Å². The van der Waals surface area contributed by atoms with Crippen LogP contribution in [0.1, 0.15) is 35.8 Å². The lowest BCUT2D eigenvalue weighted by Gasteiger charge is -2.15. The van der Waals surface area contributed by atoms with E-state index in [1.54, 1.807) is 22.0 Å². The van der Waals surface area contributed by atoms with Gasteiger partial charge in [-0.15, -0.1) is 11.3 Å². The van der Waals surface area contributed by atoms with E-state index < -0.39 is 0 Å². The fourth-order valence-corrected chi connectivity index (χ4v) is 5.19. The molecule has 0 bridgehead atoms. The van der Waals surface area contributed by atoms with Crippen molar-refractivity contribution < 1.29 is 9.21 Å². The molecule has 5 rings (SSSR count). The first-order valence-corrected chi connectivity index (χ1v) is 10.1. The van der Waals surface area contributed by atoms with Crippen LogP contribution >= 0.6 is 11.3 Å². The number of anilines is 1. The summed E-state index contributed by atoms with van der Waals surface area (Å²) in [5.41, 5.74) is 2.26. The Morgan fingerprint density at radius 1 is 1.22 bits per heavy atom. The molecule has 1 aromatic carbocycles. The summed E-state index contributed by atoms with van der Waals surface area (Å²) >= 11 is 1.67. The molecule has 1 N–H and O–H groups in total. The molecule has 0 saturated carbocycles. The maximum absolute atomic E-state index is 12.4. The van der Waals surface area contributed by atoms with Crippen LogP contribution in [0.25, 0.3) is 11.1 Å². The van der Waals surface area contributed by atoms with Gasteiger partial charge in [-0.1, -0.05) is 12.1 Å². The van der Waals surface area contributed by atoms with Gasteiger partial charge in [0.25, 0.3) is 0 Å². The number of hydrogen-bond donors (Lipinski definition) is 1. The minimum atomic E-state index is -0.383. The highest BCUT2D eigenvalue weighted by molar-refractivity contribution is 7.15. The number of aromatic nitrogens is 2. The van der Waals surface area contributed by atoms with Gasteiger partial charge in [0.05, 0.1) is 17.8 Å². The van der Waals surface area contributed by atoms with Crippen molar-refractivity contribution in [3.8, 4) is 0 Å². The fourth-order valence-electron chi connectivity index (χ4n) is 3.97. The number of nitrogens with zero attached hydrogens (tertiary/aromatic N) is 3. The zero-order chi connectivity index (χ0) is 18.4. The number of oxazole rings is 1. The Balaban J connectivity index is 1.54. The predicted octanol–water partition coefficient (Wildman–Crippen LogP) is 2.45. The monoisotopic (exact) mass is 384 g/mol. The van der Waals surface area contributed by atoms with Gasteiger partial charge in [0.15, 0.2) is 10.7 Å². The van der Waals surface area contributed by atoms with Crippen LogP contribution in [0.4, 0.5) is 5.13 Å². The van der Waals surface area contributed by atoms with Gasteiger partial charge in [-0.2, -0.15) is 0 Å². The molecule has 0 radical (unpaired) electrons. The van der Waals surface area contributed by atoms with Crippen molar-refractivity contribution in [3.05, 3.63) is 45.4 Å². The molecule has 7 nitrogen and oxygen atoms in total. The Morgan fingerprint density at radius 3 is 2.89 bits per heavy atom. The topological polar surface area (TPSA) is 80.4 Å². The summed E-state index contributed by atoms with van der Waals surface area (Å²) < 4.78 is 7.00. The van der Waals surface area contributed by atoms with E-state index in [0.717, 1.165) is 34.3 Å². The lowest BCUT2D eigenvalue weighted by Crippen LogP contribution is -2.24. The average molecular weight is 384 g/mol. The van der Waals surface area contributed by atoms with Gasteiger partial charge in [0, 0.05) is 36.9 Å². The standard InChI is InChI=1S/C19H20N4O3S/c24-16-9-12(11-23-14-5-1-2-6-15(14)26-19(23)25)17-13(10-20-16)21-18(27-17)22-7-3-4-8-22/h1-2,5-6,12H,3-4,7-11H2,(H,20,24)/t12-/m0/s1.